The van der Waals surface area contributed by atoms with E-state index in [2.05, 4.69) is 0 Å². The van der Waals surface area contributed by atoms with Gasteiger partial charge in [0.15, 0.2) is 0 Å². The molecule has 0 radical (unpaired) electrons. The van der Waals surface area contributed by atoms with Gasteiger partial charge < -0.3 is 6.53 Å². The van der Waals surface area contributed by atoms with Crippen LogP contribution in [0.2, 0.25) is 0 Å². The first kappa shape index (κ1) is 21.4. The Bertz CT molecular complexity index is 943. The van der Waals surface area contributed by atoms with Gasteiger partial charge in [-0.15, -0.1) is 0 Å². The van der Waals surface area contributed by atoms with Crippen LogP contribution in [-0.2, 0) is 24.4 Å². The summed E-state index contributed by atoms with van der Waals surface area (Å²) in [6.45, 7) is 1.82. The third-order valence-corrected chi connectivity index (χ3v) is 5.45. The Morgan fingerprint density at radius 3 is 2.21 bits per heavy atom. The zero-order chi connectivity index (χ0) is 17.3. The summed E-state index contributed by atoms with van der Waals surface area (Å²) >= 11 is 0. The number of fused-ring (bicyclic) bond motifs is 1. The summed E-state index contributed by atoms with van der Waals surface area (Å²) in [5, 5.41) is 10.1. The van der Waals surface area contributed by atoms with Gasteiger partial charge in [0.2, 0.25) is 0 Å². The third kappa shape index (κ3) is 4.48. The monoisotopic (exact) mass is 384 g/mol. The SMILES string of the molecule is CCCCOS(=O)(=O)c1cc(S(=O)(=O)O)c(O)c2ccccc12.[H-].[Na+]. The Hall–Kier alpha value is -0.680. The van der Waals surface area contributed by atoms with E-state index in [0.717, 1.165) is 6.42 Å². The van der Waals surface area contributed by atoms with E-state index in [1.165, 1.54) is 18.2 Å². The average molecular weight is 384 g/mol. The maximum Gasteiger partial charge on any atom is 1.00 e. The minimum absolute atomic E-state index is 0. The van der Waals surface area contributed by atoms with Gasteiger partial charge in [-0.1, -0.05) is 37.6 Å². The van der Waals surface area contributed by atoms with Crippen LogP contribution in [0.5, 0.6) is 5.75 Å². The van der Waals surface area contributed by atoms with Crippen molar-refractivity contribution in [1.82, 2.24) is 0 Å². The van der Waals surface area contributed by atoms with Crippen LogP contribution in [0.3, 0.4) is 0 Å². The normalized spacial score (nSPS) is 12.1. The van der Waals surface area contributed by atoms with E-state index in [-0.39, 0.29) is 48.4 Å². The zero-order valence-corrected chi connectivity index (χ0v) is 16.9. The molecule has 24 heavy (non-hydrogen) atoms. The summed E-state index contributed by atoms with van der Waals surface area (Å²) in [5.74, 6) is -0.712. The molecule has 10 heteroatoms. The molecule has 7 nitrogen and oxygen atoms in total. The molecular formula is C14H17NaO7S2. The van der Waals surface area contributed by atoms with Crippen molar-refractivity contribution in [3.05, 3.63) is 30.3 Å². The molecule has 2 rings (SSSR count). The number of phenolic OH excluding ortho intramolecular Hbond substituents is 1. The average Bonchev–Trinajstić information content (AvgIpc) is 2.46. The Morgan fingerprint density at radius 2 is 1.67 bits per heavy atom. The number of aromatic hydroxyl groups is 1. The molecule has 2 aromatic rings. The topological polar surface area (TPSA) is 118 Å². The number of unbranched alkanes of at least 4 members (excludes halogenated alkanes) is 1. The molecule has 0 aliphatic heterocycles. The van der Waals surface area contributed by atoms with Crippen molar-refractivity contribution in [1.29, 1.82) is 0 Å². The first-order valence-corrected chi connectivity index (χ1v) is 9.65. The molecule has 0 aliphatic carbocycles. The number of hydrogen-bond donors (Lipinski definition) is 2. The van der Waals surface area contributed by atoms with E-state index in [1.807, 2.05) is 6.92 Å². The second kappa shape index (κ2) is 8.13. The molecule has 2 N–H and O–H groups in total. The van der Waals surface area contributed by atoms with Gasteiger partial charge in [-0.05, 0) is 12.5 Å². The minimum atomic E-state index is -4.80. The van der Waals surface area contributed by atoms with Crippen molar-refractivity contribution < 1.29 is 61.7 Å². The van der Waals surface area contributed by atoms with Gasteiger partial charge in [0.1, 0.15) is 15.5 Å². The second-order valence-electron chi connectivity index (χ2n) is 4.87. The molecule has 0 atom stereocenters. The maximum absolute atomic E-state index is 12.3. The van der Waals surface area contributed by atoms with Crippen molar-refractivity contribution in [2.45, 2.75) is 29.6 Å². The molecular weight excluding hydrogens is 367 g/mol. The van der Waals surface area contributed by atoms with Gasteiger partial charge >= 0.3 is 29.6 Å². The largest absolute Gasteiger partial charge is 1.00 e. The fraction of sp³-hybridized carbons (Fsp3) is 0.286. The summed E-state index contributed by atoms with van der Waals surface area (Å²) in [6, 6.07) is 6.52. The molecule has 0 amide bonds. The molecule has 0 aromatic heterocycles. The number of hydrogen-bond acceptors (Lipinski definition) is 6. The first-order chi connectivity index (χ1) is 10.7. The Labute approximate surface area is 164 Å². The molecule has 2 aromatic carbocycles. The predicted octanol–water partition coefficient (Wildman–Crippen LogP) is -0.586. The van der Waals surface area contributed by atoms with E-state index >= 15 is 0 Å². The molecule has 0 fully saturated rings. The van der Waals surface area contributed by atoms with Gasteiger partial charge in [0.05, 0.1) is 6.61 Å². The number of phenols is 1. The van der Waals surface area contributed by atoms with Gasteiger partial charge in [-0.25, -0.2) is 0 Å². The van der Waals surface area contributed by atoms with Gasteiger partial charge in [0, 0.05) is 10.8 Å². The molecule has 128 valence electrons. The number of rotatable bonds is 6. The van der Waals surface area contributed by atoms with Crippen molar-refractivity contribution in [2.75, 3.05) is 6.61 Å². The van der Waals surface area contributed by atoms with Crippen LogP contribution in [0.25, 0.3) is 10.8 Å². The van der Waals surface area contributed by atoms with Crippen LogP contribution in [0, 0.1) is 0 Å². The van der Waals surface area contributed by atoms with Crippen molar-refractivity contribution in [2.24, 2.45) is 0 Å². The fourth-order valence-electron chi connectivity index (χ4n) is 2.08. The summed E-state index contributed by atoms with van der Waals surface area (Å²) < 4.78 is 61.6. The quantitative estimate of drug-likeness (QED) is 0.296. The van der Waals surface area contributed by atoms with E-state index in [0.29, 0.717) is 12.5 Å². The first-order valence-electron chi connectivity index (χ1n) is 6.80. The summed E-state index contributed by atoms with van der Waals surface area (Å²) in [6.07, 6.45) is 1.24. The van der Waals surface area contributed by atoms with Crippen LogP contribution in [0.4, 0.5) is 0 Å². The van der Waals surface area contributed by atoms with E-state index in [4.69, 9.17) is 4.18 Å². The van der Waals surface area contributed by atoms with Crippen LogP contribution >= 0.6 is 0 Å². The zero-order valence-electron chi connectivity index (χ0n) is 14.3. The summed E-state index contributed by atoms with van der Waals surface area (Å²) in [7, 11) is -9.05. The Balaban J connectivity index is 0.00000288. The second-order valence-corrected chi connectivity index (χ2v) is 7.85. The fourth-order valence-corrected chi connectivity index (χ4v) is 3.95. The molecule has 0 saturated carbocycles. The van der Waals surface area contributed by atoms with Crippen LogP contribution in [0.15, 0.2) is 40.1 Å². The Morgan fingerprint density at radius 1 is 1.08 bits per heavy atom. The molecule has 0 spiro atoms. The number of benzene rings is 2. The third-order valence-electron chi connectivity index (χ3n) is 3.23. The van der Waals surface area contributed by atoms with Crippen molar-refractivity contribution >= 4 is 31.0 Å². The van der Waals surface area contributed by atoms with Gasteiger partial charge in [0.25, 0.3) is 20.2 Å². The molecule has 0 aliphatic rings. The van der Waals surface area contributed by atoms with Gasteiger partial charge in [-0.3, -0.25) is 8.74 Å². The molecule has 0 heterocycles. The van der Waals surface area contributed by atoms with Gasteiger partial charge in [-0.2, -0.15) is 16.8 Å². The Kier molecular flexibility index (Phi) is 7.24. The summed E-state index contributed by atoms with van der Waals surface area (Å²) in [5.41, 5.74) is 0. The van der Waals surface area contributed by atoms with E-state index in [1.54, 1.807) is 6.07 Å². The smallest absolute Gasteiger partial charge is 1.00 e. The molecule has 0 unspecified atom stereocenters. The van der Waals surface area contributed by atoms with Crippen LogP contribution in [-0.4, -0.2) is 33.1 Å². The molecule has 0 saturated heterocycles. The van der Waals surface area contributed by atoms with Crippen molar-refractivity contribution in [3.63, 3.8) is 0 Å². The van der Waals surface area contributed by atoms with E-state index in [9.17, 15) is 26.5 Å². The standard InChI is InChI=1S/C14H16O7S2.Na.H/c1-2-3-8-21-23(19,20)12-9-13(22(16,17)18)14(15)11-7-5-4-6-10(11)12;;/h4-7,9,15H,2-3,8H2,1H3,(H,16,17,18);;/q;+1;-1. The minimum Gasteiger partial charge on any atom is -1.00 e. The van der Waals surface area contributed by atoms with E-state index < -0.39 is 35.8 Å². The molecule has 0 bridgehead atoms. The van der Waals surface area contributed by atoms with Crippen LogP contribution < -0.4 is 29.6 Å². The summed E-state index contributed by atoms with van der Waals surface area (Å²) in [4.78, 5) is -1.30. The van der Waals surface area contributed by atoms with Crippen LogP contribution in [0.1, 0.15) is 21.2 Å². The predicted molar refractivity (Wildman–Crippen MR) is 84.6 cm³/mol. The maximum atomic E-state index is 12.3. The van der Waals surface area contributed by atoms with Crippen molar-refractivity contribution in [3.8, 4) is 5.75 Å².